The van der Waals surface area contributed by atoms with Crippen molar-refractivity contribution in [3.63, 3.8) is 0 Å². The van der Waals surface area contributed by atoms with E-state index in [2.05, 4.69) is 10.5 Å². The van der Waals surface area contributed by atoms with Crippen LogP contribution in [0.3, 0.4) is 0 Å². The van der Waals surface area contributed by atoms with Gasteiger partial charge < -0.3 is 9.26 Å². The number of fused-ring (bicyclic) bond motifs is 1. The summed E-state index contributed by atoms with van der Waals surface area (Å²) in [5, 5.41) is 6.78. The highest BCUT2D eigenvalue weighted by Crippen LogP contribution is 2.27. The summed E-state index contributed by atoms with van der Waals surface area (Å²) in [6, 6.07) is 5.80. The van der Waals surface area contributed by atoms with Gasteiger partial charge in [-0.05, 0) is 56.7 Å². The molecule has 1 aromatic carbocycles. The highest BCUT2D eigenvalue weighted by Gasteiger charge is 2.20. The van der Waals surface area contributed by atoms with Gasteiger partial charge in [0.25, 0.3) is 5.91 Å². The van der Waals surface area contributed by atoms with E-state index in [-0.39, 0.29) is 12.5 Å². The number of anilines is 1. The fourth-order valence-electron chi connectivity index (χ4n) is 2.68. The molecule has 1 aliphatic carbocycles. The molecule has 0 unspecified atom stereocenters. The van der Waals surface area contributed by atoms with E-state index in [1.54, 1.807) is 0 Å². The number of ether oxygens (including phenoxy) is 1. The average molecular weight is 300 g/mol. The summed E-state index contributed by atoms with van der Waals surface area (Å²) >= 11 is 0. The van der Waals surface area contributed by atoms with Gasteiger partial charge in [0.2, 0.25) is 5.88 Å². The third kappa shape index (κ3) is 2.98. The zero-order valence-electron chi connectivity index (χ0n) is 12.9. The minimum absolute atomic E-state index is 0.0419. The number of hydrogen-bond acceptors (Lipinski definition) is 4. The zero-order chi connectivity index (χ0) is 15.5. The first-order valence-electron chi connectivity index (χ1n) is 7.61. The normalized spacial score (nSPS) is 13.5. The van der Waals surface area contributed by atoms with Crippen molar-refractivity contribution >= 4 is 11.8 Å². The van der Waals surface area contributed by atoms with Crippen molar-refractivity contribution in [3.8, 4) is 5.75 Å². The second kappa shape index (κ2) is 6.22. The first kappa shape index (κ1) is 14.6. The first-order chi connectivity index (χ1) is 10.6. The molecular weight excluding hydrogens is 280 g/mol. The van der Waals surface area contributed by atoms with Crippen LogP contribution in [0.5, 0.6) is 5.75 Å². The molecule has 0 aliphatic heterocycles. The summed E-state index contributed by atoms with van der Waals surface area (Å²) in [7, 11) is 0. The molecule has 1 N–H and O–H groups in total. The molecule has 1 aromatic heterocycles. The second-order valence-electron chi connectivity index (χ2n) is 5.68. The number of hydrogen-bond donors (Lipinski definition) is 1. The number of aryl methyl sites for hydroxylation is 2. The van der Waals surface area contributed by atoms with Gasteiger partial charge in [0.1, 0.15) is 5.75 Å². The van der Waals surface area contributed by atoms with Gasteiger partial charge >= 0.3 is 0 Å². The lowest BCUT2D eigenvalue weighted by atomic mass is 9.98. The van der Waals surface area contributed by atoms with Crippen molar-refractivity contribution in [2.45, 2.75) is 39.5 Å². The standard InChI is InChI=1S/C17H20N2O3/c1-11-6-5-9-15(12(11)2)21-10-16(20)18-17-13-7-3-4-8-14(13)19-22-17/h5-6,9H,3-4,7-8,10H2,1-2H3,(H,18,20). The van der Waals surface area contributed by atoms with Crippen LogP contribution in [0.25, 0.3) is 0 Å². The van der Waals surface area contributed by atoms with Crippen LogP contribution in [0.15, 0.2) is 22.7 Å². The van der Waals surface area contributed by atoms with E-state index in [0.29, 0.717) is 5.88 Å². The van der Waals surface area contributed by atoms with Crippen LogP contribution in [0.2, 0.25) is 0 Å². The molecule has 0 spiro atoms. The number of carbonyl (C=O) groups excluding carboxylic acids is 1. The van der Waals surface area contributed by atoms with E-state index >= 15 is 0 Å². The van der Waals surface area contributed by atoms with Crippen LogP contribution in [-0.2, 0) is 17.6 Å². The van der Waals surface area contributed by atoms with Crippen molar-refractivity contribution in [2.24, 2.45) is 0 Å². The highest BCUT2D eigenvalue weighted by atomic mass is 16.5. The maximum absolute atomic E-state index is 12.0. The molecule has 0 bridgehead atoms. The molecule has 0 atom stereocenters. The Morgan fingerprint density at radius 1 is 1.32 bits per heavy atom. The van der Waals surface area contributed by atoms with Crippen LogP contribution in [0.1, 0.15) is 35.2 Å². The van der Waals surface area contributed by atoms with E-state index in [0.717, 1.165) is 53.8 Å². The van der Waals surface area contributed by atoms with Crippen LogP contribution in [-0.4, -0.2) is 17.7 Å². The number of amides is 1. The topological polar surface area (TPSA) is 64.4 Å². The number of carbonyl (C=O) groups is 1. The molecule has 116 valence electrons. The third-order valence-electron chi connectivity index (χ3n) is 4.13. The van der Waals surface area contributed by atoms with E-state index < -0.39 is 0 Å². The van der Waals surface area contributed by atoms with Crippen LogP contribution >= 0.6 is 0 Å². The molecule has 22 heavy (non-hydrogen) atoms. The van der Waals surface area contributed by atoms with Gasteiger partial charge in [0.15, 0.2) is 6.61 Å². The van der Waals surface area contributed by atoms with E-state index in [4.69, 9.17) is 9.26 Å². The Kier molecular flexibility index (Phi) is 4.13. The molecule has 0 radical (unpaired) electrons. The molecule has 2 aromatic rings. The number of benzene rings is 1. The fourth-order valence-corrected chi connectivity index (χ4v) is 2.68. The largest absolute Gasteiger partial charge is 0.483 e. The van der Waals surface area contributed by atoms with Crippen LogP contribution < -0.4 is 10.1 Å². The summed E-state index contributed by atoms with van der Waals surface area (Å²) < 4.78 is 10.8. The molecule has 1 aliphatic rings. The smallest absolute Gasteiger partial charge is 0.264 e. The Morgan fingerprint density at radius 2 is 2.14 bits per heavy atom. The SMILES string of the molecule is Cc1cccc(OCC(=O)Nc2onc3c2CCCC3)c1C. The van der Waals surface area contributed by atoms with Gasteiger partial charge in [-0.15, -0.1) is 0 Å². The molecule has 0 saturated heterocycles. The maximum Gasteiger partial charge on any atom is 0.264 e. The first-order valence-corrected chi connectivity index (χ1v) is 7.61. The number of nitrogens with zero attached hydrogens (tertiary/aromatic N) is 1. The molecular formula is C17H20N2O3. The van der Waals surface area contributed by atoms with Gasteiger partial charge in [0, 0.05) is 5.56 Å². The van der Waals surface area contributed by atoms with Gasteiger partial charge in [-0.3, -0.25) is 10.1 Å². The predicted molar refractivity (Wildman–Crippen MR) is 83.2 cm³/mol. The van der Waals surface area contributed by atoms with Gasteiger partial charge in [-0.25, -0.2) is 0 Å². The number of rotatable bonds is 4. The Morgan fingerprint density at radius 3 is 3.00 bits per heavy atom. The summed E-state index contributed by atoms with van der Waals surface area (Å²) in [4.78, 5) is 12.0. The van der Waals surface area contributed by atoms with Crippen molar-refractivity contribution in [3.05, 3.63) is 40.6 Å². The number of nitrogens with one attached hydrogen (secondary N) is 1. The lowest BCUT2D eigenvalue weighted by molar-refractivity contribution is -0.118. The number of aromatic nitrogens is 1. The minimum atomic E-state index is -0.231. The van der Waals surface area contributed by atoms with E-state index in [1.807, 2.05) is 32.0 Å². The van der Waals surface area contributed by atoms with Crippen molar-refractivity contribution in [1.29, 1.82) is 0 Å². The summed E-state index contributed by atoms with van der Waals surface area (Å²) in [5.41, 5.74) is 4.19. The Labute approximate surface area is 129 Å². The minimum Gasteiger partial charge on any atom is -0.483 e. The maximum atomic E-state index is 12.0. The summed E-state index contributed by atoms with van der Waals surface area (Å²) in [5.74, 6) is 0.976. The molecule has 0 fully saturated rings. The molecule has 5 nitrogen and oxygen atoms in total. The van der Waals surface area contributed by atoms with Crippen LogP contribution in [0, 0.1) is 13.8 Å². The average Bonchev–Trinajstić information content (AvgIpc) is 2.92. The third-order valence-corrected chi connectivity index (χ3v) is 4.13. The summed E-state index contributed by atoms with van der Waals surface area (Å²) in [6.45, 7) is 3.96. The lowest BCUT2D eigenvalue weighted by Crippen LogP contribution is -2.21. The Balaban J connectivity index is 1.61. The monoisotopic (exact) mass is 300 g/mol. The van der Waals surface area contributed by atoms with Gasteiger partial charge in [-0.2, -0.15) is 0 Å². The second-order valence-corrected chi connectivity index (χ2v) is 5.68. The summed E-state index contributed by atoms with van der Waals surface area (Å²) in [6.07, 6.45) is 4.07. The predicted octanol–water partition coefficient (Wildman–Crippen LogP) is 3.19. The van der Waals surface area contributed by atoms with Crippen molar-refractivity contribution in [1.82, 2.24) is 5.16 Å². The van der Waals surface area contributed by atoms with Crippen molar-refractivity contribution < 1.29 is 14.1 Å². The van der Waals surface area contributed by atoms with E-state index in [9.17, 15) is 4.79 Å². The zero-order valence-corrected chi connectivity index (χ0v) is 12.9. The lowest BCUT2D eigenvalue weighted by Gasteiger charge is -2.11. The van der Waals surface area contributed by atoms with E-state index in [1.165, 1.54) is 0 Å². The molecule has 1 heterocycles. The van der Waals surface area contributed by atoms with Crippen LogP contribution in [0.4, 0.5) is 5.88 Å². The molecule has 3 rings (SSSR count). The van der Waals surface area contributed by atoms with Gasteiger partial charge in [-0.1, -0.05) is 17.3 Å². The quantitative estimate of drug-likeness (QED) is 0.942. The van der Waals surface area contributed by atoms with Gasteiger partial charge in [0.05, 0.1) is 5.69 Å². The molecule has 5 heteroatoms. The highest BCUT2D eigenvalue weighted by molar-refractivity contribution is 5.91. The molecule has 1 amide bonds. The fraction of sp³-hybridized carbons (Fsp3) is 0.412. The van der Waals surface area contributed by atoms with Crippen molar-refractivity contribution in [2.75, 3.05) is 11.9 Å². The Bertz CT molecular complexity index is 691. The molecule has 0 saturated carbocycles. The Hall–Kier alpha value is -2.30.